The van der Waals surface area contributed by atoms with E-state index >= 15 is 0 Å². The molecule has 0 spiro atoms. The van der Waals surface area contributed by atoms with Crippen molar-refractivity contribution >= 4 is 16.9 Å². The van der Waals surface area contributed by atoms with Crippen molar-refractivity contribution in [3.8, 4) is 0 Å². The summed E-state index contributed by atoms with van der Waals surface area (Å²) in [6.07, 6.45) is 3.43. The highest BCUT2D eigenvalue weighted by Gasteiger charge is 2.25. The van der Waals surface area contributed by atoms with Crippen LogP contribution in [0.2, 0.25) is 0 Å². The number of aromatic nitrogens is 1. The molecule has 0 radical (unpaired) electrons. The van der Waals surface area contributed by atoms with E-state index in [2.05, 4.69) is 10.5 Å². The van der Waals surface area contributed by atoms with Crippen LogP contribution in [0.4, 0.5) is 0 Å². The summed E-state index contributed by atoms with van der Waals surface area (Å²) in [5.74, 6) is -0.116. The Hall–Kier alpha value is -1.88. The number of benzene rings is 1. The number of nitrogens with one attached hydrogen (secondary N) is 1. The first-order valence-corrected chi connectivity index (χ1v) is 7.05. The van der Waals surface area contributed by atoms with Gasteiger partial charge >= 0.3 is 0 Å². The van der Waals surface area contributed by atoms with Gasteiger partial charge in [0, 0.05) is 5.39 Å². The number of aliphatic hydroxyl groups excluding tert-OH is 1. The molecule has 0 aliphatic heterocycles. The number of hydrogen-bond acceptors (Lipinski definition) is 4. The zero-order valence-electron chi connectivity index (χ0n) is 11.2. The number of fused-ring (bicyclic) bond motifs is 1. The minimum absolute atomic E-state index is 0.116. The average molecular weight is 274 g/mol. The second-order valence-corrected chi connectivity index (χ2v) is 5.33. The maximum atomic E-state index is 12.1. The van der Waals surface area contributed by atoms with Gasteiger partial charge in [0.25, 0.3) is 0 Å². The van der Waals surface area contributed by atoms with E-state index in [9.17, 15) is 9.90 Å². The van der Waals surface area contributed by atoms with Crippen LogP contribution in [0.5, 0.6) is 0 Å². The molecular weight excluding hydrogens is 256 g/mol. The van der Waals surface area contributed by atoms with E-state index in [4.69, 9.17) is 4.52 Å². The lowest BCUT2D eigenvalue weighted by Gasteiger charge is -2.28. The number of aliphatic hydroxyl groups is 1. The molecule has 1 fully saturated rings. The highest BCUT2D eigenvalue weighted by atomic mass is 16.5. The Morgan fingerprint density at radius 2 is 2.15 bits per heavy atom. The van der Waals surface area contributed by atoms with Crippen LogP contribution >= 0.6 is 0 Å². The molecule has 20 heavy (non-hydrogen) atoms. The molecule has 1 aliphatic carbocycles. The van der Waals surface area contributed by atoms with Crippen molar-refractivity contribution < 1.29 is 14.4 Å². The molecule has 1 heterocycles. The molecule has 1 aromatic heterocycles. The third-order valence-corrected chi connectivity index (χ3v) is 3.86. The molecule has 3 rings (SSSR count). The molecule has 2 aromatic rings. The summed E-state index contributed by atoms with van der Waals surface area (Å²) in [7, 11) is 0. The van der Waals surface area contributed by atoms with Gasteiger partial charge in [-0.2, -0.15) is 0 Å². The topological polar surface area (TPSA) is 75.4 Å². The minimum Gasteiger partial charge on any atom is -0.391 e. The third-order valence-electron chi connectivity index (χ3n) is 3.86. The molecule has 1 saturated carbocycles. The van der Waals surface area contributed by atoms with E-state index in [0.29, 0.717) is 11.3 Å². The SMILES string of the molecule is O=C(Cc1noc2ccccc12)N[C@H]1CCCC[C@@H]1O. The maximum Gasteiger partial charge on any atom is 0.226 e. The van der Waals surface area contributed by atoms with E-state index in [-0.39, 0.29) is 18.4 Å². The van der Waals surface area contributed by atoms with Crippen molar-refractivity contribution in [1.29, 1.82) is 0 Å². The highest BCUT2D eigenvalue weighted by molar-refractivity contribution is 5.86. The predicted molar refractivity (Wildman–Crippen MR) is 74.1 cm³/mol. The first-order chi connectivity index (χ1) is 9.74. The van der Waals surface area contributed by atoms with Crippen LogP contribution in [0.3, 0.4) is 0 Å². The molecule has 1 aromatic carbocycles. The van der Waals surface area contributed by atoms with Gasteiger partial charge < -0.3 is 14.9 Å². The van der Waals surface area contributed by atoms with Crippen LogP contribution in [-0.4, -0.2) is 28.3 Å². The normalized spacial score (nSPS) is 22.9. The number of hydrogen-bond donors (Lipinski definition) is 2. The van der Waals surface area contributed by atoms with Crippen LogP contribution in [0, 0.1) is 0 Å². The molecule has 0 saturated heterocycles. The summed E-state index contributed by atoms with van der Waals surface area (Å²) in [5, 5.41) is 17.6. The molecule has 2 N–H and O–H groups in total. The summed E-state index contributed by atoms with van der Waals surface area (Å²) >= 11 is 0. The summed E-state index contributed by atoms with van der Waals surface area (Å²) < 4.78 is 5.18. The van der Waals surface area contributed by atoms with Crippen LogP contribution < -0.4 is 5.32 Å². The third kappa shape index (κ3) is 2.67. The van der Waals surface area contributed by atoms with Crippen molar-refractivity contribution in [2.24, 2.45) is 0 Å². The second kappa shape index (κ2) is 5.63. The number of rotatable bonds is 3. The van der Waals surface area contributed by atoms with Gasteiger partial charge in [-0.25, -0.2) is 0 Å². The largest absolute Gasteiger partial charge is 0.391 e. The molecule has 2 atom stereocenters. The molecule has 5 heteroatoms. The molecule has 0 bridgehead atoms. The van der Waals surface area contributed by atoms with Crippen molar-refractivity contribution in [1.82, 2.24) is 10.5 Å². The van der Waals surface area contributed by atoms with E-state index < -0.39 is 6.10 Å². The fraction of sp³-hybridized carbons (Fsp3) is 0.467. The van der Waals surface area contributed by atoms with Gasteiger partial charge in [0.2, 0.25) is 5.91 Å². The van der Waals surface area contributed by atoms with Crippen LogP contribution in [-0.2, 0) is 11.2 Å². The summed E-state index contributed by atoms with van der Waals surface area (Å²) in [5.41, 5.74) is 1.33. The molecular formula is C15H18N2O3. The average Bonchev–Trinajstić information content (AvgIpc) is 2.85. The Morgan fingerprint density at radius 1 is 1.35 bits per heavy atom. The van der Waals surface area contributed by atoms with Crippen molar-refractivity contribution in [3.05, 3.63) is 30.0 Å². The smallest absolute Gasteiger partial charge is 0.226 e. The zero-order chi connectivity index (χ0) is 13.9. The van der Waals surface area contributed by atoms with Gasteiger partial charge in [-0.05, 0) is 25.0 Å². The fourth-order valence-electron chi connectivity index (χ4n) is 2.76. The van der Waals surface area contributed by atoms with Gasteiger partial charge in [-0.3, -0.25) is 4.79 Å². The molecule has 106 valence electrons. The van der Waals surface area contributed by atoms with E-state index in [1.54, 1.807) is 0 Å². The Kier molecular flexibility index (Phi) is 3.69. The van der Waals surface area contributed by atoms with Gasteiger partial charge in [-0.1, -0.05) is 30.1 Å². The van der Waals surface area contributed by atoms with Crippen LogP contribution in [0.25, 0.3) is 11.0 Å². The zero-order valence-corrected chi connectivity index (χ0v) is 11.2. The lowest BCUT2D eigenvalue weighted by Crippen LogP contribution is -2.45. The Balaban J connectivity index is 1.66. The van der Waals surface area contributed by atoms with Gasteiger partial charge in [-0.15, -0.1) is 0 Å². The predicted octanol–water partition coefficient (Wildman–Crippen LogP) is 1.79. The van der Waals surface area contributed by atoms with Crippen molar-refractivity contribution in [2.45, 2.75) is 44.2 Å². The second-order valence-electron chi connectivity index (χ2n) is 5.33. The summed E-state index contributed by atoms with van der Waals surface area (Å²) in [4.78, 5) is 12.1. The molecule has 1 aliphatic rings. The van der Waals surface area contributed by atoms with Crippen LogP contribution in [0.1, 0.15) is 31.4 Å². The van der Waals surface area contributed by atoms with Crippen LogP contribution in [0.15, 0.2) is 28.8 Å². The first-order valence-electron chi connectivity index (χ1n) is 7.05. The van der Waals surface area contributed by atoms with Crippen molar-refractivity contribution in [3.63, 3.8) is 0 Å². The maximum absolute atomic E-state index is 12.1. The summed E-state index contributed by atoms with van der Waals surface area (Å²) in [6.45, 7) is 0. The number of para-hydroxylation sites is 1. The van der Waals surface area contributed by atoms with Gasteiger partial charge in [0.05, 0.1) is 18.6 Å². The molecule has 5 nitrogen and oxygen atoms in total. The van der Waals surface area contributed by atoms with Gasteiger partial charge in [0.1, 0.15) is 5.69 Å². The van der Waals surface area contributed by atoms with Gasteiger partial charge in [0.15, 0.2) is 5.58 Å². The van der Waals surface area contributed by atoms with E-state index in [1.165, 1.54) is 0 Å². The Labute approximate surface area is 116 Å². The molecule has 1 amide bonds. The minimum atomic E-state index is -0.429. The fourth-order valence-corrected chi connectivity index (χ4v) is 2.76. The number of carbonyl (C=O) groups is 1. The lowest BCUT2D eigenvalue weighted by atomic mass is 9.92. The standard InChI is InChI=1S/C15H18N2O3/c18-13-7-3-2-6-11(13)16-15(19)9-12-10-5-1-4-8-14(10)20-17-12/h1,4-5,8,11,13,18H,2-3,6-7,9H2,(H,16,19)/t11-,13-/m0/s1. The van der Waals surface area contributed by atoms with Crippen molar-refractivity contribution in [2.75, 3.05) is 0 Å². The lowest BCUT2D eigenvalue weighted by molar-refractivity contribution is -0.122. The summed E-state index contributed by atoms with van der Waals surface area (Å²) in [6, 6.07) is 7.36. The number of amides is 1. The number of nitrogens with zero attached hydrogens (tertiary/aromatic N) is 1. The van der Waals surface area contributed by atoms with E-state index in [1.807, 2.05) is 24.3 Å². The quantitative estimate of drug-likeness (QED) is 0.894. The Bertz CT molecular complexity index is 608. The van der Waals surface area contributed by atoms with E-state index in [0.717, 1.165) is 31.1 Å². The molecule has 0 unspecified atom stereocenters. The number of carbonyl (C=O) groups excluding carboxylic acids is 1. The Morgan fingerprint density at radius 3 is 3.00 bits per heavy atom. The highest BCUT2D eigenvalue weighted by Crippen LogP contribution is 2.20. The monoisotopic (exact) mass is 274 g/mol. The first kappa shape index (κ1) is 13.1.